The molecule has 82 valence electrons. The van der Waals surface area contributed by atoms with Gasteiger partial charge in [0.15, 0.2) is 7.85 Å². The summed E-state index contributed by atoms with van der Waals surface area (Å²) in [6, 6.07) is 8.44. The molecule has 0 aliphatic rings. The fraction of sp³-hybridized carbons (Fsp3) is 0.167. The molecule has 0 amide bonds. The van der Waals surface area contributed by atoms with Crippen molar-refractivity contribution in [3.63, 3.8) is 0 Å². The summed E-state index contributed by atoms with van der Waals surface area (Å²) in [5.41, 5.74) is 6.60. The molecule has 0 N–H and O–H groups in total. The zero-order chi connectivity index (χ0) is 12.4. The van der Waals surface area contributed by atoms with E-state index in [0.29, 0.717) is 0 Å². The van der Waals surface area contributed by atoms with E-state index in [4.69, 9.17) is 0 Å². The summed E-state index contributed by atoms with van der Waals surface area (Å²) < 4.78 is 0. The third-order valence-electron chi connectivity index (χ3n) is 2.78. The Labute approximate surface area is 105 Å². The summed E-state index contributed by atoms with van der Waals surface area (Å²) in [5.74, 6) is 0. The maximum absolute atomic E-state index is 4.57. The maximum atomic E-state index is 4.57. The Balaban J connectivity index is 2.55. The highest BCUT2D eigenvalue weighted by atomic mass is 14.8. The van der Waals surface area contributed by atoms with E-state index in [2.05, 4.69) is 48.9 Å². The van der Waals surface area contributed by atoms with Crippen LogP contribution in [-0.4, -0.2) is 32.7 Å². The summed E-state index contributed by atoms with van der Waals surface area (Å²) in [6.07, 6.45) is 0. The first-order valence-electron chi connectivity index (χ1n) is 6.01. The van der Waals surface area contributed by atoms with E-state index >= 15 is 0 Å². The fourth-order valence-corrected chi connectivity index (χ4v) is 2.05. The molecule has 0 radical (unpaired) electrons. The third-order valence-corrected chi connectivity index (χ3v) is 2.78. The lowest BCUT2D eigenvalue weighted by Crippen LogP contribution is -2.16. The van der Waals surface area contributed by atoms with Crippen LogP contribution < -0.4 is 11.1 Å². The van der Waals surface area contributed by atoms with Gasteiger partial charge in [-0.1, -0.05) is 5.46 Å². The fourth-order valence-electron chi connectivity index (χ4n) is 2.05. The lowest BCUT2D eigenvalue weighted by atomic mass is 9.51. The molecule has 5 heteroatoms. The molecule has 2 nitrogen and oxygen atoms in total. The van der Waals surface area contributed by atoms with Gasteiger partial charge in [-0.05, 0) is 49.3 Å². The summed E-state index contributed by atoms with van der Waals surface area (Å²) >= 11 is 0. The second kappa shape index (κ2) is 4.78. The maximum Gasteiger partial charge on any atom is 0.163 e. The summed E-state index contributed by atoms with van der Waals surface area (Å²) in [4.78, 5) is 9.13. The third kappa shape index (κ3) is 2.79. The minimum absolute atomic E-state index is 0.973. The Morgan fingerprint density at radius 2 is 1.71 bits per heavy atom. The average Bonchev–Trinajstić information content (AvgIpc) is 2.26. The molecule has 0 spiro atoms. The van der Waals surface area contributed by atoms with Crippen molar-refractivity contribution in [3.8, 4) is 11.4 Å². The molecule has 2 aromatic heterocycles. The predicted octanol–water partition coefficient (Wildman–Crippen LogP) is -1.37. The number of hydrogen-bond acceptors (Lipinski definition) is 2. The highest BCUT2D eigenvalue weighted by Gasteiger charge is 2.05. The van der Waals surface area contributed by atoms with Gasteiger partial charge >= 0.3 is 0 Å². The van der Waals surface area contributed by atoms with E-state index in [9.17, 15) is 0 Å². The van der Waals surface area contributed by atoms with Crippen molar-refractivity contribution in [1.29, 1.82) is 0 Å². The minimum Gasteiger partial charge on any atom is -0.262 e. The molecule has 17 heavy (non-hydrogen) atoms. The van der Waals surface area contributed by atoms with Crippen molar-refractivity contribution >= 4 is 33.8 Å². The lowest BCUT2D eigenvalue weighted by molar-refractivity contribution is 1.19. The molecule has 0 aliphatic carbocycles. The van der Waals surface area contributed by atoms with Crippen LogP contribution in [0, 0.1) is 13.8 Å². The Morgan fingerprint density at radius 1 is 1.00 bits per heavy atom. The van der Waals surface area contributed by atoms with Crippen LogP contribution in [0.4, 0.5) is 0 Å². The number of rotatable bonds is 2. The Hall–Kier alpha value is -1.51. The van der Waals surface area contributed by atoms with Crippen molar-refractivity contribution in [2.24, 2.45) is 0 Å². The zero-order valence-electron chi connectivity index (χ0n) is 10.9. The Kier molecular flexibility index (Phi) is 3.37. The standard InChI is InChI=1S/C12H15B3N2/c1-7-3-10(17-12(13)4-7)11-6-9(15-14)5-8(2)16-11/h3-6,15H,13-14H2,1-2H3. The molecular formula is C12H15B3N2. The first kappa shape index (κ1) is 12.0. The van der Waals surface area contributed by atoms with Crippen LogP contribution in [0.5, 0.6) is 0 Å². The zero-order valence-corrected chi connectivity index (χ0v) is 10.9. The number of aromatic nitrogens is 2. The van der Waals surface area contributed by atoms with Gasteiger partial charge < -0.3 is 0 Å². The van der Waals surface area contributed by atoms with Crippen LogP contribution >= 0.6 is 0 Å². The monoisotopic (exact) mass is 220 g/mol. The summed E-state index contributed by atoms with van der Waals surface area (Å²) in [7, 11) is 5.21. The average molecular weight is 220 g/mol. The van der Waals surface area contributed by atoms with Gasteiger partial charge in [-0.2, -0.15) is 0 Å². The Bertz CT molecular complexity index is 535. The van der Waals surface area contributed by atoms with Gasteiger partial charge in [0.2, 0.25) is 0 Å². The molecule has 0 fully saturated rings. The van der Waals surface area contributed by atoms with Gasteiger partial charge in [0.05, 0.1) is 19.1 Å². The van der Waals surface area contributed by atoms with Crippen molar-refractivity contribution < 1.29 is 0 Å². The number of pyridine rings is 2. The van der Waals surface area contributed by atoms with Crippen LogP contribution in [0.3, 0.4) is 0 Å². The van der Waals surface area contributed by atoms with E-state index in [1.165, 1.54) is 11.0 Å². The van der Waals surface area contributed by atoms with Gasteiger partial charge in [0, 0.05) is 5.69 Å². The smallest absolute Gasteiger partial charge is 0.163 e. The molecule has 0 atom stereocenters. The number of aryl methyl sites for hydroxylation is 2. The highest BCUT2D eigenvalue weighted by molar-refractivity contribution is 6.97. The predicted molar refractivity (Wildman–Crippen MR) is 80.4 cm³/mol. The molecule has 0 aliphatic heterocycles. The molecule has 0 bridgehead atoms. The van der Waals surface area contributed by atoms with E-state index in [-0.39, 0.29) is 0 Å². The van der Waals surface area contributed by atoms with Crippen LogP contribution in [-0.2, 0) is 0 Å². The molecule has 2 rings (SSSR count). The normalized spacial score (nSPS) is 10.2. The van der Waals surface area contributed by atoms with Gasteiger partial charge in [0.25, 0.3) is 0 Å². The number of hydrogen-bond donors (Lipinski definition) is 0. The second-order valence-corrected chi connectivity index (χ2v) is 4.53. The second-order valence-electron chi connectivity index (χ2n) is 4.53. The van der Waals surface area contributed by atoms with E-state index in [0.717, 1.165) is 29.8 Å². The molecular weight excluding hydrogens is 205 g/mol. The van der Waals surface area contributed by atoms with Gasteiger partial charge in [-0.25, -0.2) is 0 Å². The van der Waals surface area contributed by atoms with E-state index < -0.39 is 0 Å². The molecule has 0 aromatic carbocycles. The first-order chi connectivity index (χ1) is 8.08. The van der Waals surface area contributed by atoms with Crippen molar-refractivity contribution in [2.75, 3.05) is 0 Å². The van der Waals surface area contributed by atoms with E-state index in [1.807, 2.05) is 14.8 Å². The molecule has 0 saturated carbocycles. The topological polar surface area (TPSA) is 25.8 Å². The largest absolute Gasteiger partial charge is 0.262 e. The van der Waals surface area contributed by atoms with Crippen molar-refractivity contribution in [3.05, 3.63) is 35.5 Å². The van der Waals surface area contributed by atoms with E-state index in [1.54, 1.807) is 0 Å². The molecule has 2 heterocycles. The molecule has 0 saturated heterocycles. The van der Waals surface area contributed by atoms with Gasteiger partial charge in [0.1, 0.15) is 7.17 Å². The highest BCUT2D eigenvalue weighted by Crippen LogP contribution is 2.13. The quantitative estimate of drug-likeness (QED) is 0.583. The summed E-state index contributed by atoms with van der Waals surface area (Å²) in [5, 5.41) is 0. The van der Waals surface area contributed by atoms with Crippen LogP contribution in [0.2, 0.25) is 0 Å². The van der Waals surface area contributed by atoms with Gasteiger partial charge in [-0.15, -0.1) is 0 Å². The molecule has 2 aromatic rings. The lowest BCUT2D eigenvalue weighted by Gasteiger charge is -2.07. The van der Waals surface area contributed by atoms with Crippen LogP contribution in [0.1, 0.15) is 11.3 Å². The molecule has 0 unspecified atom stereocenters. The first-order valence-corrected chi connectivity index (χ1v) is 6.01. The Morgan fingerprint density at radius 3 is 2.35 bits per heavy atom. The van der Waals surface area contributed by atoms with Gasteiger partial charge in [-0.3, -0.25) is 9.97 Å². The summed E-state index contributed by atoms with van der Waals surface area (Å²) in [6.45, 7) is 4.13. The SMILES string of the molecule is BBc1cc(C)nc(-c2cc(C)cc(B)n2)c1. The number of nitrogens with zero attached hydrogens (tertiary/aromatic N) is 2. The minimum atomic E-state index is 0.973. The van der Waals surface area contributed by atoms with Crippen LogP contribution in [0.25, 0.3) is 11.4 Å². The van der Waals surface area contributed by atoms with Crippen LogP contribution in [0.15, 0.2) is 24.3 Å². The van der Waals surface area contributed by atoms with Crippen molar-refractivity contribution in [1.82, 2.24) is 9.97 Å². The van der Waals surface area contributed by atoms with Crippen molar-refractivity contribution in [2.45, 2.75) is 13.8 Å².